The summed E-state index contributed by atoms with van der Waals surface area (Å²) < 4.78 is 0.799. The Bertz CT molecular complexity index is 602. The molecule has 0 saturated heterocycles. The van der Waals surface area contributed by atoms with Gasteiger partial charge in [0, 0.05) is 16.4 Å². The quantitative estimate of drug-likeness (QED) is 0.931. The van der Waals surface area contributed by atoms with Crippen molar-refractivity contribution >= 4 is 27.4 Å². The molecule has 90 valence electrons. The van der Waals surface area contributed by atoms with Crippen LogP contribution in [0.1, 0.15) is 18.1 Å². The molecular formula is C14H12BrN3. The van der Waals surface area contributed by atoms with Crippen molar-refractivity contribution in [3.63, 3.8) is 0 Å². The summed E-state index contributed by atoms with van der Waals surface area (Å²) >= 11 is 3.31. The first-order valence-electron chi connectivity index (χ1n) is 5.65. The van der Waals surface area contributed by atoms with Crippen molar-refractivity contribution in [1.29, 1.82) is 5.26 Å². The normalized spacial score (nSPS) is 9.83. The lowest BCUT2D eigenvalue weighted by Gasteiger charge is -2.11. The Morgan fingerprint density at radius 2 is 2.17 bits per heavy atom. The van der Waals surface area contributed by atoms with E-state index in [0.29, 0.717) is 11.4 Å². The Labute approximate surface area is 115 Å². The molecular weight excluding hydrogens is 290 g/mol. The number of aromatic nitrogens is 1. The Morgan fingerprint density at radius 1 is 1.39 bits per heavy atom. The van der Waals surface area contributed by atoms with E-state index >= 15 is 0 Å². The van der Waals surface area contributed by atoms with Gasteiger partial charge < -0.3 is 5.32 Å². The molecule has 0 saturated carbocycles. The molecule has 4 heteroatoms. The van der Waals surface area contributed by atoms with Crippen LogP contribution in [0.5, 0.6) is 0 Å². The van der Waals surface area contributed by atoms with Crippen LogP contribution >= 0.6 is 15.9 Å². The predicted molar refractivity (Wildman–Crippen MR) is 75.8 cm³/mol. The first kappa shape index (κ1) is 12.6. The summed E-state index contributed by atoms with van der Waals surface area (Å²) in [5, 5.41) is 12.3. The molecule has 0 aliphatic carbocycles. The molecule has 0 aliphatic rings. The molecule has 18 heavy (non-hydrogen) atoms. The highest BCUT2D eigenvalue weighted by molar-refractivity contribution is 9.10. The van der Waals surface area contributed by atoms with Crippen LogP contribution in [0, 0.1) is 11.3 Å². The van der Waals surface area contributed by atoms with E-state index in [1.807, 2.05) is 18.2 Å². The third-order valence-electron chi connectivity index (χ3n) is 2.63. The van der Waals surface area contributed by atoms with Gasteiger partial charge in [-0.25, -0.2) is 4.98 Å². The highest BCUT2D eigenvalue weighted by atomic mass is 79.9. The Morgan fingerprint density at radius 3 is 2.89 bits per heavy atom. The van der Waals surface area contributed by atoms with Gasteiger partial charge in [-0.3, -0.25) is 0 Å². The lowest BCUT2D eigenvalue weighted by molar-refractivity contribution is 1.14. The summed E-state index contributed by atoms with van der Waals surface area (Å²) in [6.07, 6.45) is 2.61. The fraction of sp³-hybridized carbons (Fsp3) is 0.143. The largest absolute Gasteiger partial charge is 0.339 e. The maximum atomic E-state index is 9.10. The van der Waals surface area contributed by atoms with Crippen molar-refractivity contribution in [3.05, 3.63) is 52.1 Å². The zero-order valence-electron chi connectivity index (χ0n) is 9.94. The van der Waals surface area contributed by atoms with Gasteiger partial charge in [0.25, 0.3) is 0 Å². The fourth-order valence-electron chi connectivity index (χ4n) is 1.70. The van der Waals surface area contributed by atoms with Crippen molar-refractivity contribution in [2.24, 2.45) is 0 Å². The van der Waals surface area contributed by atoms with Gasteiger partial charge in [0.1, 0.15) is 11.9 Å². The predicted octanol–water partition coefficient (Wildman–Crippen LogP) is 4.02. The zero-order chi connectivity index (χ0) is 13.0. The molecule has 0 radical (unpaired) electrons. The number of aryl methyl sites for hydroxylation is 1. The van der Waals surface area contributed by atoms with Gasteiger partial charge in [-0.15, -0.1) is 0 Å². The summed E-state index contributed by atoms with van der Waals surface area (Å²) in [4.78, 5) is 4.24. The summed E-state index contributed by atoms with van der Waals surface area (Å²) in [7, 11) is 0. The molecule has 1 aromatic heterocycles. The molecule has 0 fully saturated rings. The molecule has 2 aromatic rings. The summed E-state index contributed by atoms with van der Waals surface area (Å²) in [5.74, 6) is 0.585. The van der Waals surface area contributed by atoms with Crippen molar-refractivity contribution in [2.75, 3.05) is 5.32 Å². The molecule has 1 N–H and O–H groups in total. The smallest absolute Gasteiger partial charge is 0.148 e. The highest BCUT2D eigenvalue weighted by Crippen LogP contribution is 2.23. The molecule has 0 unspecified atom stereocenters. The lowest BCUT2D eigenvalue weighted by Crippen LogP contribution is -1.99. The molecule has 3 nitrogen and oxygen atoms in total. The van der Waals surface area contributed by atoms with Crippen LogP contribution in [-0.4, -0.2) is 4.98 Å². The molecule has 0 spiro atoms. The van der Waals surface area contributed by atoms with Gasteiger partial charge in [-0.2, -0.15) is 5.26 Å². The number of hydrogen-bond donors (Lipinski definition) is 1. The second kappa shape index (κ2) is 5.65. The molecule has 1 aromatic carbocycles. The van der Waals surface area contributed by atoms with Crippen molar-refractivity contribution in [3.8, 4) is 6.07 Å². The molecule has 0 bridgehead atoms. The van der Waals surface area contributed by atoms with Crippen LogP contribution in [0.15, 0.2) is 41.0 Å². The summed E-state index contributed by atoms with van der Waals surface area (Å²) in [6.45, 7) is 2.10. The standard InChI is InChI=1S/C14H12BrN3/c1-2-10-5-3-4-6-13(10)18-14-11(8-16)7-12(15)9-17-14/h3-7,9H,2H2,1H3,(H,17,18). The van der Waals surface area contributed by atoms with E-state index in [0.717, 1.165) is 16.6 Å². The van der Waals surface area contributed by atoms with Crippen LogP contribution in [0.25, 0.3) is 0 Å². The van der Waals surface area contributed by atoms with Gasteiger partial charge in [0.2, 0.25) is 0 Å². The first-order valence-corrected chi connectivity index (χ1v) is 6.44. The van der Waals surface area contributed by atoms with Gasteiger partial charge in [-0.05, 0) is 40.0 Å². The number of nitrogens with zero attached hydrogens (tertiary/aromatic N) is 2. The van der Waals surface area contributed by atoms with Crippen LogP contribution in [0.3, 0.4) is 0 Å². The topological polar surface area (TPSA) is 48.7 Å². The van der Waals surface area contributed by atoms with Gasteiger partial charge in [-0.1, -0.05) is 25.1 Å². The van der Waals surface area contributed by atoms with Crippen molar-refractivity contribution < 1.29 is 0 Å². The monoisotopic (exact) mass is 301 g/mol. The number of nitrogens with one attached hydrogen (secondary N) is 1. The minimum Gasteiger partial charge on any atom is -0.339 e. The summed E-state index contributed by atoms with van der Waals surface area (Å²) in [5.41, 5.74) is 2.72. The maximum Gasteiger partial charge on any atom is 0.148 e. The zero-order valence-corrected chi connectivity index (χ0v) is 11.5. The van der Waals surface area contributed by atoms with Crippen molar-refractivity contribution in [2.45, 2.75) is 13.3 Å². The van der Waals surface area contributed by atoms with Crippen LogP contribution in [0.2, 0.25) is 0 Å². The number of rotatable bonds is 3. The van der Waals surface area contributed by atoms with E-state index in [1.54, 1.807) is 12.3 Å². The van der Waals surface area contributed by atoms with Crippen molar-refractivity contribution in [1.82, 2.24) is 4.98 Å². The van der Waals surface area contributed by atoms with E-state index in [1.165, 1.54) is 5.56 Å². The van der Waals surface area contributed by atoms with E-state index < -0.39 is 0 Å². The summed E-state index contributed by atoms with van der Waals surface area (Å²) in [6, 6.07) is 11.9. The van der Waals surface area contributed by atoms with Crippen LogP contribution in [0.4, 0.5) is 11.5 Å². The van der Waals surface area contributed by atoms with E-state index in [4.69, 9.17) is 5.26 Å². The second-order valence-electron chi connectivity index (χ2n) is 3.80. The Balaban J connectivity index is 2.37. The lowest BCUT2D eigenvalue weighted by atomic mass is 10.1. The van der Waals surface area contributed by atoms with Crippen LogP contribution < -0.4 is 5.32 Å². The number of nitriles is 1. The molecule has 2 rings (SSSR count). The maximum absolute atomic E-state index is 9.10. The minimum atomic E-state index is 0.523. The third kappa shape index (κ3) is 2.69. The molecule has 1 heterocycles. The Hall–Kier alpha value is -1.86. The first-order chi connectivity index (χ1) is 8.74. The fourth-order valence-corrected chi connectivity index (χ4v) is 2.03. The van der Waals surface area contributed by atoms with Crippen LogP contribution in [-0.2, 0) is 6.42 Å². The molecule has 0 amide bonds. The number of hydrogen-bond acceptors (Lipinski definition) is 3. The minimum absolute atomic E-state index is 0.523. The number of halogens is 1. The third-order valence-corrected chi connectivity index (χ3v) is 3.06. The number of pyridine rings is 1. The van der Waals surface area contributed by atoms with Gasteiger partial charge in [0.15, 0.2) is 0 Å². The second-order valence-corrected chi connectivity index (χ2v) is 4.71. The van der Waals surface area contributed by atoms with E-state index in [2.05, 4.69) is 45.3 Å². The Kier molecular flexibility index (Phi) is 3.96. The SMILES string of the molecule is CCc1ccccc1Nc1ncc(Br)cc1C#N. The van der Waals surface area contributed by atoms with E-state index in [9.17, 15) is 0 Å². The number of anilines is 2. The molecule has 0 atom stereocenters. The average molecular weight is 302 g/mol. The highest BCUT2D eigenvalue weighted by Gasteiger charge is 2.06. The van der Waals surface area contributed by atoms with Gasteiger partial charge >= 0.3 is 0 Å². The number of para-hydroxylation sites is 1. The molecule has 0 aliphatic heterocycles. The van der Waals surface area contributed by atoms with E-state index in [-0.39, 0.29) is 0 Å². The van der Waals surface area contributed by atoms with Gasteiger partial charge in [0.05, 0.1) is 5.56 Å². The number of benzene rings is 1. The average Bonchev–Trinajstić information content (AvgIpc) is 2.41.